The smallest absolute Gasteiger partial charge is 0.115 e. The zero-order chi connectivity index (χ0) is 105. The van der Waals surface area contributed by atoms with E-state index < -0.39 is 0 Å². The van der Waals surface area contributed by atoms with Crippen LogP contribution >= 0.6 is 34.5 Å². The molecule has 14 heteroatoms. The molecule has 2 saturated heterocycles. The molecule has 136 heavy (non-hydrogen) atoms. The quantitative estimate of drug-likeness (QED) is 0.107. The number of morpholine rings is 2. The highest BCUT2D eigenvalue weighted by molar-refractivity contribution is 7.08. The second-order valence-corrected chi connectivity index (χ2v) is 50.2. The number of benzene rings is 7. The summed E-state index contributed by atoms with van der Waals surface area (Å²) in [6.07, 6.45) is 11.7. The molecule has 0 saturated carbocycles. The third kappa shape index (κ3) is 55.3. The highest BCUT2D eigenvalue weighted by Crippen LogP contribution is 2.32. The van der Waals surface area contributed by atoms with Gasteiger partial charge < -0.3 is 35.6 Å². The average Bonchev–Trinajstić information content (AvgIpc) is 1.01. The van der Waals surface area contributed by atoms with Crippen LogP contribution in [0.15, 0.2) is 265 Å². The number of nitrogen functional groups attached to an aromatic ring is 2. The molecule has 0 bridgehead atoms. The molecular formula is C122H186Cl2N6O5S. The molecule has 11 aromatic rings. The van der Waals surface area contributed by atoms with Gasteiger partial charge in [-0.1, -0.05) is 361 Å². The number of thiophene rings is 1. The van der Waals surface area contributed by atoms with Crippen molar-refractivity contribution in [2.24, 2.45) is 0 Å². The molecule has 2 aliphatic rings. The molecule has 7 aromatic carbocycles. The van der Waals surface area contributed by atoms with Crippen molar-refractivity contribution in [3.8, 4) is 11.5 Å². The summed E-state index contributed by atoms with van der Waals surface area (Å²) in [5.74, 6) is 0.676. The van der Waals surface area contributed by atoms with E-state index in [1.54, 1.807) is 54.3 Å². The van der Waals surface area contributed by atoms with E-state index in [-0.39, 0.29) is 54.3 Å². The molecular weight excluding hydrogens is 1730 g/mol. The Morgan fingerprint density at radius 1 is 0.316 bits per heavy atom. The second-order valence-electron chi connectivity index (χ2n) is 48.6. The Morgan fingerprint density at radius 3 is 0.978 bits per heavy atom. The van der Waals surface area contributed by atoms with Gasteiger partial charge >= 0.3 is 0 Å². The maximum Gasteiger partial charge on any atom is 0.115 e. The molecule has 0 amide bonds. The molecule has 2 aliphatic heterocycles. The first-order valence-electron chi connectivity index (χ1n) is 48.5. The van der Waals surface area contributed by atoms with Crippen LogP contribution in [-0.2, 0) is 69.0 Å². The monoisotopic (exact) mass is 1920 g/mol. The molecule has 0 aliphatic carbocycles. The lowest BCUT2D eigenvalue weighted by Gasteiger charge is -2.43. The third-order valence-corrected chi connectivity index (χ3v) is 23.4. The number of aromatic nitrogens is 2. The highest BCUT2D eigenvalue weighted by Gasteiger charge is 2.30. The fourth-order valence-electron chi connectivity index (χ4n) is 12.8. The largest absolute Gasteiger partial charge is 0.508 e. The number of nitrogens with zero attached hydrogens (tertiary/aromatic N) is 4. The zero-order valence-corrected chi connectivity index (χ0v) is 94.8. The fraction of sp³-hybridized carbons (Fsp3) is 0.508. The number of halogens is 2. The normalized spacial score (nSPS) is 14.4. The van der Waals surface area contributed by atoms with Gasteiger partial charge in [0.15, 0.2) is 0 Å². The van der Waals surface area contributed by atoms with Gasteiger partial charge in [-0.3, -0.25) is 19.8 Å². The van der Waals surface area contributed by atoms with Crippen LogP contribution in [0.5, 0.6) is 11.5 Å². The minimum atomic E-state index is 0.124. The van der Waals surface area contributed by atoms with E-state index >= 15 is 0 Å². The number of hydrogen-bond donors (Lipinski definition) is 4. The van der Waals surface area contributed by atoms with E-state index in [4.69, 9.17) is 53.7 Å². The number of phenolic OH excluding ortho intramolecular Hbond substituents is 2. The van der Waals surface area contributed by atoms with Crippen LogP contribution in [0.4, 0.5) is 11.4 Å². The van der Waals surface area contributed by atoms with Crippen molar-refractivity contribution in [3.05, 3.63) is 332 Å². The van der Waals surface area contributed by atoms with Gasteiger partial charge in [0.25, 0.3) is 0 Å². The van der Waals surface area contributed by atoms with Gasteiger partial charge in [-0.15, -0.1) is 0 Å². The van der Waals surface area contributed by atoms with Crippen LogP contribution in [0.25, 0.3) is 0 Å². The fourth-order valence-corrected chi connectivity index (χ4v) is 14.0. The maximum absolute atomic E-state index is 9.18. The van der Waals surface area contributed by atoms with Gasteiger partial charge in [-0.2, -0.15) is 11.3 Å². The molecule has 0 radical (unpaired) electrons. The average molecular weight is 1920 g/mol. The zero-order valence-electron chi connectivity index (χ0n) is 92.5. The third-order valence-electron chi connectivity index (χ3n) is 22.2. The van der Waals surface area contributed by atoms with E-state index in [1.807, 2.05) is 116 Å². The summed E-state index contributed by atoms with van der Waals surface area (Å²) in [4.78, 5) is 13.0. The van der Waals surface area contributed by atoms with Gasteiger partial charge in [0.1, 0.15) is 11.5 Å². The van der Waals surface area contributed by atoms with Crippen molar-refractivity contribution in [2.45, 2.75) is 367 Å². The molecule has 2 fully saturated rings. The molecule has 6 N–H and O–H groups in total. The number of aromatic hydroxyl groups is 2. The Balaban J connectivity index is 0.000000737. The Hall–Kier alpha value is -8.56. The van der Waals surface area contributed by atoms with Crippen LogP contribution in [0, 0.1) is 0 Å². The number of furan rings is 1. The van der Waals surface area contributed by atoms with E-state index in [0.29, 0.717) is 40.1 Å². The van der Waals surface area contributed by atoms with Gasteiger partial charge in [-0.25, -0.2) is 0 Å². The Morgan fingerprint density at radius 2 is 0.684 bits per heavy atom. The minimum Gasteiger partial charge on any atom is -0.508 e. The lowest BCUT2D eigenvalue weighted by Crippen LogP contribution is -2.53. The van der Waals surface area contributed by atoms with Crippen LogP contribution < -0.4 is 11.5 Å². The van der Waals surface area contributed by atoms with Gasteiger partial charge in [-0.05, 0) is 290 Å². The van der Waals surface area contributed by atoms with Crippen LogP contribution in [-0.4, -0.2) is 92.7 Å². The number of anilines is 2. The lowest BCUT2D eigenvalue weighted by atomic mass is 9.87. The number of nitrogens with two attached hydrogens (primary N) is 2. The second kappa shape index (κ2) is 56.6. The standard InChI is InChI=1S/2C10H13Cl.C10H21NO.2C10H15N.2C10H14O.C10H14.2C9H13N.C8H17NO.C8H12O.C8H12S/c1-10(2,3)8-4-6-9(11)7-5-8;1-10(2,3)8-5-4-6-9(11)7-8;1-8-6-11(10(3,4)5)7-9(2)12-8;1-10(2,3)8-4-6-9(11)7-5-8;1-10(2,3)8-5-4-6-9(11)7-8;1-10(2,3)8-4-6-9(11)7-5-8;1-10(2,3)8-5-4-6-9(11)7-8;1-10(2,3)9-7-5-4-6-8-9;1-9(2,3)8-4-6-10-7-5-8;1-9(2,3)8-5-4-6-10-7-8;1-8(2,3)9-4-6-10-7-5-9;2*1-8(2,3)7-4-5-9-6-7/h2*4-7H,1-3H3;8-9H,6-7H2,1-5H3;2*4-7H,11H2,1-3H3;2*4-7,11H,1-3H3;4-8H,1-3H3;2*4-7H,1-3H3;4-7H2,1-3H3;2*4-6H,1-3H3. The highest BCUT2D eigenvalue weighted by atomic mass is 35.5. The van der Waals surface area contributed by atoms with Gasteiger partial charge in [0, 0.05) is 83.5 Å². The summed E-state index contributed by atoms with van der Waals surface area (Å²) >= 11 is 13.4. The summed E-state index contributed by atoms with van der Waals surface area (Å²) in [7, 11) is 0. The molecule has 11 nitrogen and oxygen atoms in total. The topological polar surface area (TPSA) is 156 Å². The van der Waals surface area contributed by atoms with E-state index in [2.05, 4.69) is 405 Å². The maximum atomic E-state index is 9.18. The molecule has 2 unspecified atom stereocenters. The van der Waals surface area contributed by atoms with E-state index in [1.165, 1.54) is 55.6 Å². The predicted molar refractivity (Wildman–Crippen MR) is 598 cm³/mol. The number of rotatable bonds is 0. The summed E-state index contributed by atoms with van der Waals surface area (Å²) in [6.45, 7) is 96.0. The van der Waals surface area contributed by atoms with Crippen LogP contribution in [0.1, 0.15) is 345 Å². The van der Waals surface area contributed by atoms with Gasteiger partial charge in [0.05, 0.1) is 37.9 Å². The van der Waals surface area contributed by atoms with Crippen LogP contribution in [0.2, 0.25) is 10.0 Å². The predicted octanol–water partition coefficient (Wildman–Crippen LogP) is 34.2. The molecule has 6 heterocycles. The van der Waals surface area contributed by atoms with Crippen molar-refractivity contribution in [2.75, 3.05) is 50.9 Å². The molecule has 0 spiro atoms. The van der Waals surface area contributed by atoms with E-state index in [0.717, 1.165) is 66.4 Å². The van der Waals surface area contributed by atoms with Crippen molar-refractivity contribution >= 4 is 45.9 Å². The SMILES string of the molecule is CC(C)(C)N1CCOCC1.CC(C)(C)c1ccc(Cl)cc1.CC(C)(C)c1ccc(N)cc1.CC(C)(C)c1ccc(O)cc1.CC(C)(C)c1cccc(Cl)c1.CC(C)(C)c1cccc(N)c1.CC(C)(C)c1cccc(O)c1.CC(C)(C)c1ccccc1.CC(C)(C)c1cccnc1.CC(C)(C)c1ccncc1.CC(C)(C)c1ccoc1.CC(C)(C)c1ccsc1.CC1CN(C(C)(C)C)CC(C)O1. The molecule has 754 valence electrons. The number of hydrogen-bond acceptors (Lipinski definition) is 12. The Labute approximate surface area is 844 Å². The Bertz CT molecular complexity index is 4510. The molecule has 4 aromatic heterocycles. The number of phenols is 2. The number of pyridine rings is 2. The number of ether oxygens (including phenoxy) is 2. The lowest BCUT2D eigenvalue weighted by molar-refractivity contribution is -0.0924. The Kier molecular flexibility index (Phi) is 52.2. The first-order valence-corrected chi connectivity index (χ1v) is 50.2. The summed E-state index contributed by atoms with van der Waals surface area (Å²) in [5.41, 5.74) is 30.3. The van der Waals surface area contributed by atoms with Crippen molar-refractivity contribution in [1.29, 1.82) is 0 Å². The first-order chi connectivity index (χ1) is 62.0. The molecule has 2 atom stereocenters. The van der Waals surface area contributed by atoms with E-state index in [9.17, 15) is 5.11 Å². The first kappa shape index (κ1) is 125. The summed E-state index contributed by atoms with van der Waals surface area (Å²) < 4.78 is 15.9. The van der Waals surface area contributed by atoms with Crippen molar-refractivity contribution in [1.82, 2.24) is 19.8 Å². The minimum absolute atomic E-state index is 0.124. The van der Waals surface area contributed by atoms with Gasteiger partial charge in [0.2, 0.25) is 0 Å². The molecule has 13 rings (SSSR count). The summed E-state index contributed by atoms with van der Waals surface area (Å²) in [5, 5.41) is 24.2. The van der Waals surface area contributed by atoms with Crippen LogP contribution in [0.3, 0.4) is 0 Å². The van der Waals surface area contributed by atoms with Crippen molar-refractivity contribution < 1.29 is 24.1 Å². The summed E-state index contributed by atoms with van der Waals surface area (Å²) in [6, 6.07) is 69.8. The van der Waals surface area contributed by atoms with Crippen molar-refractivity contribution in [3.63, 3.8) is 0 Å².